The monoisotopic (exact) mass is 331 g/mol. The van der Waals surface area contributed by atoms with Gasteiger partial charge in [0.05, 0.1) is 7.11 Å². The van der Waals surface area contributed by atoms with Crippen LogP contribution in [0.15, 0.2) is 18.2 Å². The summed E-state index contributed by atoms with van der Waals surface area (Å²) in [6.07, 6.45) is 0.877. The Morgan fingerprint density at radius 1 is 1.47 bits per heavy atom. The van der Waals surface area contributed by atoms with E-state index in [-0.39, 0.29) is 17.7 Å². The zero-order chi connectivity index (χ0) is 14.4. The van der Waals surface area contributed by atoms with Gasteiger partial charge in [-0.1, -0.05) is 15.9 Å². The molecule has 0 heterocycles. The molecule has 0 N–H and O–H groups in total. The van der Waals surface area contributed by atoms with Gasteiger partial charge in [0.2, 0.25) is 0 Å². The Kier molecular flexibility index (Phi) is 6.28. The van der Waals surface area contributed by atoms with E-state index in [0.717, 1.165) is 11.8 Å². The van der Waals surface area contributed by atoms with Crippen LogP contribution in [0, 0.1) is 5.82 Å². The zero-order valence-electron chi connectivity index (χ0n) is 11.5. The van der Waals surface area contributed by atoms with Crippen LogP contribution in [0.2, 0.25) is 0 Å². The molecule has 0 saturated carbocycles. The third-order valence-electron chi connectivity index (χ3n) is 2.81. The minimum atomic E-state index is -0.462. The number of ether oxygens (including phenoxy) is 1. The minimum absolute atomic E-state index is 0.0926. The van der Waals surface area contributed by atoms with Crippen LogP contribution in [0.3, 0.4) is 0 Å². The largest absolute Gasteiger partial charge is 0.494 e. The van der Waals surface area contributed by atoms with Crippen molar-refractivity contribution in [3.05, 3.63) is 29.6 Å². The first-order valence-corrected chi connectivity index (χ1v) is 7.33. The molecule has 0 aliphatic rings. The Morgan fingerprint density at radius 2 is 2.16 bits per heavy atom. The van der Waals surface area contributed by atoms with Crippen molar-refractivity contribution in [2.75, 3.05) is 19.0 Å². The van der Waals surface area contributed by atoms with Crippen LogP contribution >= 0.6 is 15.9 Å². The van der Waals surface area contributed by atoms with Crippen LogP contribution in [0.1, 0.15) is 30.6 Å². The number of halogens is 2. The van der Waals surface area contributed by atoms with Crippen molar-refractivity contribution < 1.29 is 13.9 Å². The molecular weight excluding hydrogens is 313 g/mol. The van der Waals surface area contributed by atoms with Gasteiger partial charge in [-0.05, 0) is 38.5 Å². The molecule has 0 bridgehead atoms. The number of rotatable bonds is 6. The number of methoxy groups -OCH3 is 1. The van der Waals surface area contributed by atoms with Crippen LogP contribution in [0.4, 0.5) is 4.39 Å². The van der Waals surface area contributed by atoms with Crippen molar-refractivity contribution in [1.29, 1.82) is 0 Å². The second-order valence-electron chi connectivity index (χ2n) is 4.48. The molecule has 0 saturated heterocycles. The maximum absolute atomic E-state index is 13.3. The molecule has 0 aliphatic heterocycles. The molecule has 0 radical (unpaired) electrons. The van der Waals surface area contributed by atoms with Gasteiger partial charge in [0.1, 0.15) is 0 Å². The van der Waals surface area contributed by atoms with Gasteiger partial charge < -0.3 is 9.64 Å². The molecule has 0 fully saturated rings. The molecule has 0 aliphatic carbocycles. The quantitative estimate of drug-likeness (QED) is 0.747. The predicted octanol–water partition coefficient (Wildman–Crippen LogP) is 3.47. The van der Waals surface area contributed by atoms with E-state index in [2.05, 4.69) is 15.9 Å². The summed E-state index contributed by atoms with van der Waals surface area (Å²) in [5.74, 6) is -0.472. The lowest BCUT2D eigenvalue weighted by molar-refractivity contribution is 0.0706. The topological polar surface area (TPSA) is 29.5 Å². The summed E-state index contributed by atoms with van der Waals surface area (Å²) in [7, 11) is 1.39. The molecule has 0 spiro atoms. The Bertz CT molecular complexity index is 437. The number of alkyl halides is 1. The molecule has 1 rings (SSSR count). The Labute approximate surface area is 121 Å². The highest BCUT2D eigenvalue weighted by Crippen LogP contribution is 2.20. The second-order valence-corrected chi connectivity index (χ2v) is 5.28. The van der Waals surface area contributed by atoms with E-state index in [0.29, 0.717) is 12.1 Å². The van der Waals surface area contributed by atoms with Gasteiger partial charge in [0.25, 0.3) is 5.91 Å². The van der Waals surface area contributed by atoms with Gasteiger partial charge in [0.15, 0.2) is 11.6 Å². The highest BCUT2D eigenvalue weighted by molar-refractivity contribution is 9.09. The van der Waals surface area contributed by atoms with Crippen LogP contribution in [0.25, 0.3) is 0 Å². The van der Waals surface area contributed by atoms with Crippen molar-refractivity contribution in [2.45, 2.75) is 26.3 Å². The van der Waals surface area contributed by atoms with Crippen LogP contribution in [-0.2, 0) is 0 Å². The molecule has 0 unspecified atom stereocenters. The van der Waals surface area contributed by atoms with Gasteiger partial charge in [-0.15, -0.1) is 0 Å². The average molecular weight is 332 g/mol. The fourth-order valence-corrected chi connectivity index (χ4v) is 2.03. The molecule has 1 aromatic carbocycles. The van der Waals surface area contributed by atoms with Crippen molar-refractivity contribution in [2.24, 2.45) is 0 Å². The van der Waals surface area contributed by atoms with Crippen LogP contribution < -0.4 is 4.74 Å². The van der Waals surface area contributed by atoms with E-state index in [1.54, 1.807) is 4.90 Å². The maximum atomic E-state index is 13.3. The molecule has 3 nitrogen and oxygen atoms in total. The number of hydrogen-bond acceptors (Lipinski definition) is 2. The van der Waals surface area contributed by atoms with Gasteiger partial charge in [-0.3, -0.25) is 4.79 Å². The summed E-state index contributed by atoms with van der Waals surface area (Å²) in [6, 6.07) is 4.29. The lowest BCUT2D eigenvalue weighted by Gasteiger charge is -2.26. The third kappa shape index (κ3) is 4.20. The zero-order valence-corrected chi connectivity index (χ0v) is 13.0. The SMILES string of the molecule is COc1cc(C(=O)N(CCCBr)C(C)C)ccc1F. The van der Waals surface area contributed by atoms with E-state index in [4.69, 9.17) is 4.74 Å². The van der Waals surface area contributed by atoms with E-state index in [1.807, 2.05) is 13.8 Å². The summed E-state index contributed by atoms with van der Waals surface area (Å²) in [5, 5.41) is 0.843. The third-order valence-corrected chi connectivity index (χ3v) is 3.38. The van der Waals surface area contributed by atoms with Crippen LogP contribution in [0.5, 0.6) is 5.75 Å². The fraction of sp³-hybridized carbons (Fsp3) is 0.500. The Morgan fingerprint density at radius 3 is 2.68 bits per heavy atom. The Balaban J connectivity index is 2.95. The number of nitrogens with zero attached hydrogens (tertiary/aromatic N) is 1. The first-order chi connectivity index (χ1) is 9.01. The van der Waals surface area contributed by atoms with E-state index < -0.39 is 5.82 Å². The molecule has 1 amide bonds. The highest BCUT2D eigenvalue weighted by atomic mass is 79.9. The number of hydrogen-bond donors (Lipinski definition) is 0. The molecule has 0 atom stereocenters. The summed E-state index contributed by atoms with van der Waals surface area (Å²) >= 11 is 3.36. The van der Waals surface area contributed by atoms with Crippen molar-refractivity contribution >= 4 is 21.8 Å². The average Bonchev–Trinajstić information content (AvgIpc) is 2.39. The van der Waals surface area contributed by atoms with Crippen molar-refractivity contribution in [1.82, 2.24) is 4.90 Å². The van der Waals surface area contributed by atoms with E-state index in [9.17, 15) is 9.18 Å². The fourth-order valence-electron chi connectivity index (χ4n) is 1.78. The summed E-state index contributed by atoms with van der Waals surface area (Å²) in [6.45, 7) is 4.60. The number of carbonyl (C=O) groups is 1. The van der Waals surface area contributed by atoms with Gasteiger partial charge in [-0.25, -0.2) is 4.39 Å². The summed E-state index contributed by atoms with van der Waals surface area (Å²) in [4.78, 5) is 14.2. The highest BCUT2D eigenvalue weighted by Gasteiger charge is 2.19. The first-order valence-electron chi connectivity index (χ1n) is 6.21. The second kappa shape index (κ2) is 7.48. The van der Waals surface area contributed by atoms with Gasteiger partial charge in [0, 0.05) is 23.5 Å². The molecule has 19 heavy (non-hydrogen) atoms. The lowest BCUT2D eigenvalue weighted by atomic mass is 10.1. The summed E-state index contributed by atoms with van der Waals surface area (Å²) in [5.41, 5.74) is 0.446. The van der Waals surface area contributed by atoms with E-state index >= 15 is 0 Å². The van der Waals surface area contributed by atoms with Gasteiger partial charge in [-0.2, -0.15) is 0 Å². The lowest BCUT2D eigenvalue weighted by Crippen LogP contribution is -2.37. The van der Waals surface area contributed by atoms with Gasteiger partial charge >= 0.3 is 0 Å². The van der Waals surface area contributed by atoms with E-state index in [1.165, 1.54) is 25.3 Å². The summed E-state index contributed by atoms with van der Waals surface area (Å²) < 4.78 is 18.2. The van der Waals surface area contributed by atoms with Crippen molar-refractivity contribution in [3.63, 3.8) is 0 Å². The molecular formula is C14H19BrFNO2. The predicted molar refractivity (Wildman–Crippen MR) is 77.5 cm³/mol. The minimum Gasteiger partial charge on any atom is -0.494 e. The maximum Gasteiger partial charge on any atom is 0.254 e. The number of benzene rings is 1. The molecule has 5 heteroatoms. The molecule has 106 valence electrons. The number of carbonyl (C=O) groups excluding carboxylic acids is 1. The first kappa shape index (κ1) is 16.0. The number of amides is 1. The molecule has 0 aromatic heterocycles. The smallest absolute Gasteiger partial charge is 0.254 e. The van der Waals surface area contributed by atoms with Crippen molar-refractivity contribution in [3.8, 4) is 5.75 Å². The van der Waals surface area contributed by atoms with Crippen LogP contribution in [-0.4, -0.2) is 35.8 Å². The standard InChI is InChI=1S/C14H19BrFNO2/c1-10(2)17(8-4-7-15)14(18)11-5-6-12(16)13(9-11)19-3/h5-6,9-10H,4,7-8H2,1-3H3. The molecule has 1 aromatic rings. The Hall–Kier alpha value is -1.10. The normalized spacial score (nSPS) is 10.6.